The zero-order valence-electron chi connectivity index (χ0n) is 16.6. The van der Waals surface area contributed by atoms with Crippen LogP contribution in [0.2, 0.25) is 0 Å². The van der Waals surface area contributed by atoms with Gasteiger partial charge >= 0.3 is 5.97 Å². The van der Waals surface area contributed by atoms with Crippen molar-refractivity contribution in [2.24, 2.45) is 11.8 Å². The second-order valence-corrected chi connectivity index (χ2v) is 7.31. The molecule has 4 nitrogen and oxygen atoms in total. The molecule has 4 atom stereocenters. The molecule has 1 rings (SSSR count). The first-order valence-corrected chi connectivity index (χ1v) is 10.4. The van der Waals surface area contributed by atoms with Gasteiger partial charge in [0.2, 0.25) is 0 Å². The highest BCUT2D eigenvalue weighted by molar-refractivity contribution is 5.66. The third kappa shape index (κ3) is 9.00. The smallest absolute Gasteiger partial charge is 0.303 e. The molecular formula is C22H38O4. The standard InChI is InChI=1S/C22H38O4/c1-3-5-6-7-8-11-14-18-19(21(26-4-2)17-20(18)23)15-12-9-10-13-16-22(24)25/h9,11-12,14,18-21,23H,3-8,10,13,15-17H2,1-2H3,(H,24,25)/b12-9-,14-11+/t18-,19?,20-,21+/m1/s1. The van der Waals surface area contributed by atoms with Gasteiger partial charge in [0.1, 0.15) is 0 Å². The Bertz CT molecular complexity index is 430. The Morgan fingerprint density at radius 3 is 2.54 bits per heavy atom. The molecule has 0 amide bonds. The number of allylic oxidation sites excluding steroid dienone is 3. The van der Waals surface area contributed by atoms with Gasteiger partial charge in [-0.2, -0.15) is 0 Å². The predicted octanol–water partition coefficient (Wildman–Crippen LogP) is 5.12. The van der Waals surface area contributed by atoms with Crippen molar-refractivity contribution in [1.29, 1.82) is 0 Å². The molecule has 1 aliphatic rings. The van der Waals surface area contributed by atoms with Gasteiger partial charge in [0.15, 0.2) is 0 Å². The number of rotatable bonds is 14. The van der Waals surface area contributed by atoms with Gasteiger partial charge in [-0.25, -0.2) is 0 Å². The van der Waals surface area contributed by atoms with Crippen LogP contribution in [0.4, 0.5) is 0 Å². The second-order valence-electron chi connectivity index (χ2n) is 7.31. The number of hydrogen-bond donors (Lipinski definition) is 2. The summed E-state index contributed by atoms with van der Waals surface area (Å²) in [7, 11) is 0. The Balaban J connectivity index is 2.51. The fourth-order valence-corrected chi connectivity index (χ4v) is 3.77. The Morgan fingerprint density at radius 2 is 1.85 bits per heavy atom. The fourth-order valence-electron chi connectivity index (χ4n) is 3.77. The molecule has 2 N–H and O–H groups in total. The van der Waals surface area contributed by atoms with Crippen LogP contribution in [0, 0.1) is 11.8 Å². The molecule has 0 bridgehead atoms. The normalized spacial score (nSPS) is 26.3. The molecule has 1 saturated carbocycles. The second kappa shape index (κ2) is 14.0. The highest BCUT2D eigenvalue weighted by Gasteiger charge is 2.40. The lowest BCUT2D eigenvalue weighted by molar-refractivity contribution is -0.137. The highest BCUT2D eigenvalue weighted by atomic mass is 16.5. The van der Waals surface area contributed by atoms with Gasteiger partial charge in [-0.3, -0.25) is 4.79 Å². The van der Waals surface area contributed by atoms with Crippen molar-refractivity contribution in [3.63, 3.8) is 0 Å². The molecule has 150 valence electrons. The van der Waals surface area contributed by atoms with Crippen molar-refractivity contribution in [3.05, 3.63) is 24.3 Å². The van der Waals surface area contributed by atoms with E-state index in [4.69, 9.17) is 9.84 Å². The van der Waals surface area contributed by atoms with E-state index >= 15 is 0 Å². The molecule has 0 saturated heterocycles. The zero-order chi connectivity index (χ0) is 19.2. The molecule has 4 heteroatoms. The molecule has 0 aromatic heterocycles. The molecule has 0 aromatic carbocycles. The zero-order valence-corrected chi connectivity index (χ0v) is 16.6. The van der Waals surface area contributed by atoms with Crippen LogP contribution in [0.5, 0.6) is 0 Å². The van der Waals surface area contributed by atoms with E-state index in [1.54, 1.807) is 0 Å². The van der Waals surface area contributed by atoms with Crippen LogP contribution in [-0.4, -0.2) is 35.0 Å². The summed E-state index contributed by atoms with van der Waals surface area (Å²) in [5, 5.41) is 19.2. The van der Waals surface area contributed by atoms with Gasteiger partial charge in [-0.15, -0.1) is 0 Å². The van der Waals surface area contributed by atoms with Crippen LogP contribution in [0.25, 0.3) is 0 Å². The molecule has 0 aromatic rings. The summed E-state index contributed by atoms with van der Waals surface area (Å²) in [6, 6.07) is 0. The number of unbranched alkanes of at least 4 members (excludes halogenated alkanes) is 5. The lowest BCUT2D eigenvalue weighted by Gasteiger charge is -2.22. The first kappa shape index (κ1) is 22.9. The van der Waals surface area contributed by atoms with Crippen molar-refractivity contribution < 1.29 is 19.7 Å². The highest BCUT2D eigenvalue weighted by Crippen LogP contribution is 2.38. The Labute approximate surface area is 159 Å². The summed E-state index contributed by atoms with van der Waals surface area (Å²) in [6.45, 7) is 4.89. The van der Waals surface area contributed by atoms with Crippen LogP contribution >= 0.6 is 0 Å². The van der Waals surface area contributed by atoms with Crippen molar-refractivity contribution in [2.75, 3.05) is 6.61 Å². The first-order valence-electron chi connectivity index (χ1n) is 10.4. The van der Waals surface area contributed by atoms with E-state index in [0.29, 0.717) is 25.4 Å². The largest absolute Gasteiger partial charge is 0.481 e. The Morgan fingerprint density at radius 1 is 1.08 bits per heavy atom. The third-order valence-corrected chi connectivity index (χ3v) is 5.19. The molecule has 0 spiro atoms. The molecule has 0 radical (unpaired) electrons. The van der Waals surface area contributed by atoms with Crippen molar-refractivity contribution >= 4 is 5.97 Å². The average molecular weight is 367 g/mol. The van der Waals surface area contributed by atoms with E-state index in [1.807, 2.05) is 6.92 Å². The number of carboxylic acids is 1. The lowest BCUT2D eigenvalue weighted by atomic mass is 9.89. The van der Waals surface area contributed by atoms with E-state index in [9.17, 15) is 9.90 Å². The maximum Gasteiger partial charge on any atom is 0.303 e. The minimum Gasteiger partial charge on any atom is -0.481 e. The third-order valence-electron chi connectivity index (χ3n) is 5.19. The van der Waals surface area contributed by atoms with E-state index in [0.717, 1.165) is 19.3 Å². The molecule has 0 aliphatic heterocycles. The van der Waals surface area contributed by atoms with E-state index in [1.165, 1.54) is 25.7 Å². The number of hydrogen-bond acceptors (Lipinski definition) is 3. The first-order chi connectivity index (χ1) is 12.6. The number of aliphatic hydroxyl groups is 1. The SMILES string of the molecule is CCCCCC/C=C/[C@@H]1C(C/C=C\CCCC(=O)O)[C@@H](OCC)C[C@H]1O. The molecule has 1 fully saturated rings. The minimum absolute atomic E-state index is 0.105. The summed E-state index contributed by atoms with van der Waals surface area (Å²) in [4.78, 5) is 10.5. The summed E-state index contributed by atoms with van der Waals surface area (Å²) in [5.41, 5.74) is 0. The Hall–Kier alpha value is -1.13. The molecular weight excluding hydrogens is 328 g/mol. The average Bonchev–Trinajstić information content (AvgIpc) is 2.89. The van der Waals surface area contributed by atoms with E-state index in [-0.39, 0.29) is 24.5 Å². The van der Waals surface area contributed by atoms with E-state index < -0.39 is 5.97 Å². The number of ether oxygens (including phenoxy) is 1. The monoisotopic (exact) mass is 366 g/mol. The van der Waals surface area contributed by atoms with Gasteiger partial charge in [-0.1, -0.05) is 50.5 Å². The van der Waals surface area contributed by atoms with Crippen molar-refractivity contribution in [2.45, 2.75) is 90.3 Å². The Kier molecular flexibility index (Phi) is 12.3. The summed E-state index contributed by atoms with van der Waals surface area (Å²) in [6.07, 6.45) is 17.8. The summed E-state index contributed by atoms with van der Waals surface area (Å²) >= 11 is 0. The number of aliphatic hydroxyl groups excluding tert-OH is 1. The number of aliphatic carboxylic acids is 1. The fraction of sp³-hybridized carbons (Fsp3) is 0.773. The summed E-state index contributed by atoms with van der Waals surface area (Å²) in [5.74, 6) is -0.285. The maximum atomic E-state index is 10.5. The van der Waals surface area contributed by atoms with E-state index in [2.05, 4.69) is 31.2 Å². The van der Waals surface area contributed by atoms with Crippen LogP contribution in [0.15, 0.2) is 24.3 Å². The van der Waals surface area contributed by atoms with Gasteiger partial charge in [0.05, 0.1) is 12.2 Å². The van der Waals surface area contributed by atoms with Crippen LogP contribution in [0.3, 0.4) is 0 Å². The molecule has 1 aliphatic carbocycles. The topological polar surface area (TPSA) is 66.8 Å². The van der Waals surface area contributed by atoms with Gasteiger partial charge in [0, 0.05) is 25.4 Å². The molecule has 26 heavy (non-hydrogen) atoms. The van der Waals surface area contributed by atoms with Crippen molar-refractivity contribution in [3.8, 4) is 0 Å². The predicted molar refractivity (Wildman–Crippen MR) is 106 cm³/mol. The van der Waals surface area contributed by atoms with Crippen molar-refractivity contribution in [1.82, 2.24) is 0 Å². The number of carboxylic acid groups (broad SMARTS) is 1. The molecule has 1 unspecified atom stereocenters. The van der Waals surface area contributed by atoms with Gasteiger partial charge < -0.3 is 14.9 Å². The quantitative estimate of drug-likeness (QED) is 0.331. The van der Waals surface area contributed by atoms with Gasteiger partial charge in [0.25, 0.3) is 0 Å². The van der Waals surface area contributed by atoms with Crippen LogP contribution < -0.4 is 0 Å². The minimum atomic E-state index is -0.738. The molecule has 0 heterocycles. The maximum absolute atomic E-state index is 10.5. The lowest BCUT2D eigenvalue weighted by Crippen LogP contribution is -2.22. The van der Waals surface area contributed by atoms with Crippen LogP contribution in [0.1, 0.15) is 78.1 Å². The van der Waals surface area contributed by atoms with Crippen LogP contribution in [-0.2, 0) is 9.53 Å². The summed E-state index contributed by atoms with van der Waals surface area (Å²) < 4.78 is 5.88. The number of carbonyl (C=O) groups is 1. The van der Waals surface area contributed by atoms with Gasteiger partial charge in [-0.05, 0) is 44.9 Å².